The molecular formula is C24H26N2O5. The molecule has 0 saturated heterocycles. The Labute approximate surface area is 181 Å². The largest absolute Gasteiger partial charge is 0.480 e. The minimum atomic E-state index is -0.978. The van der Waals surface area contributed by atoms with Crippen LogP contribution in [0.15, 0.2) is 48.5 Å². The molecule has 7 nitrogen and oxygen atoms in total. The molecule has 0 heterocycles. The van der Waals surface area contributed by atoms with Gasteiger partial charge in [-0.05, 0) is 41.5 Å². The molecule has 2 aromatic rings. The lowest BCUT2D eigenvalue weighted by atomic mass is 9.98. The number of alkyl carbamates (subject to hydrolysis) is 1. The predicted molar refractivity (Wildman–Crippen MR) is 116 cm³/mol. The average molecular weight is 422 g/mol. The first kappa shape index (κ1) is 22.3. The molecule has 31 heavy (non-hydrogen) atoms. The summed E-state index contributed by atoms with van der Waals surface area (Å²) < 4.78 is 4.70. The van der Waals surface area contributed by atoms with Crippen molar-refractivity contribution in [3.63, 3.8) is 0 Å². The van der Waals surface area contributed by atoms with E-state index in [4.69, 9.17) is 16.0 Å². The fourth-order valence-corrected chi connectivity index (χ4v) is 3.73. The Bertz CT molecular complexity index is 907. The highest BCUT2D eigenvalue weighted by Gasteiger charge is 2.28. The van der Waals surface area contributed by atoms with Gasteiger partial charge in [0.15, 0.2) is 6.61 Å². The van der Waals surface area contributed by atoms with Gasteiger partial charge in [0.25, 0.3) is 0 Å². The molecule has 3 rings (SSSR count). The molecule has 7 heteroatoms. The summed E-state index contributed by atoms with van der Waals surface area (Å²) in [6.45, 7) is 0.636. The van der Waals surface area contributed by atoms with E-state index in [-0.39, 0.29) is 12.5 Å². The van der Waals surface area contributed by atoms with Crippen LogP contribution in [0.1, 0.15) is 36.3 Å². The predicted octanol–water partition coefficient (Wildman–Crippen LogP) is 3.30. The van der Waals surface area contributed by atoms with Crippen LogP contribution in [0.5, 0.6) is 0 Å². The van der Waals surface area contributed by atoms with Crippen LogP contribution in [-0.4, -0.2) is 43.0 Å². The SMILES string of the molecule is C#CCOC(=O)NCCCC[C@H](NOCC1c2ccccc2-c2ccccc21)C(=O)O. The van der Waals surface area contributed by atoms with E-state index in [1.165, 1.54) is 22.3 Å². The maximum atomic E-state index is 11.6. The van der Waals surface area contributed by atoms with Crippen LogP contribution in [0.3, 0.4) is 0 Å². The Morgan fingerprint density at radius 1 is 1.06 bits per heavy atom. The van der Waals surface area contributed by atoms with E-state index in [9.17, 15) is 14.7 Å². The van der Waals surface area contributed by atoms with Crippen LogP contribution in [0.4, 0.5) is 4.79 Å². The van der Waals surface area contributed by atoms with Crippen molar-refractivity contribution < 1.29 is 24.3 Å². The number of hydrogen-bond acceptors (Lipinski definition) is 5. The highest BCUT2D eigenvalue weighted by molar-refractivity contribution is 5.78. The minimum absolute atomic E-state index is 0.0487. The van der Waals surface area contributed by atoms with Crippen LogP contribution >= 0.6 is 0 Å². The summed E-state index contributed by atoms with van der Waals surface area (Å²) >= 11 is 0. The van der Waals surface area contributed by atoms with Crippen LogP contribution < -0.4 is 10.8 Å². The number of ether oxygens (including phenoxy) is 1. The molecule has 1 atom stereocenters. The number of carboxylic acid groups (broad SMARTS) is 1. The fraction of sp³-hybridized carbons (Fsp3) is 0.333. The summed E-state index contributed by atoms with van der Waals surface area (Å²) in [5, 5.41) is 12.0. The topological polar surface area (TPSA) is 96.9 Å². The van der Waals surface area contributed by atoms with Crippen molar-refractivity contribution in [3.05, 3.63) is 59.7 Å². The van der Waals surface area contributed by atoms with Crippen LogP contribution in [0, 0.1) is 12.3 Å². The molecule has 0 saturated carbocycles. The maximum absolute atomic E-state index is 11.6. The molecule has 0 bridgehead atoms. The molecule has 2 aromatic carbocycles. The number of hydrogen-bond donors (Lipinski definition) is 3. The van der Waals surface area contributed by atoms with Crippen molar-refractivity contribution in [3.8, 4) is 23.5 Å². The molecule has 0 unspecified atom stereocenters. The van der Waals surface area contributed by atoms with Crippen molar-refractivity contribution >= 4 is 12.1 Å². The molecule has 0 radical (unpaired) electrons. The molecule has 1 aliphatic rings. The van der Waals surface area contributed by atoms with Crippen LogP contribution in [0.25, 0.3) is 11.1 Å². The van der Waals surface area contributed by atoms with Crippen LogP contribution in [0.2, 0.25) is 0 Å². The Hall–Kier alpha value is -3.34. The standard InChI is InChI=1S/C24H26N2O5/c1-2-15-30-24(29)25-14-8-7-13-22(23(27)28)26-31-16-21-19-11-5-3-9-17(19)18-10-4-6-12-20(18)21/h1,3-6,9-12,21-22,26H,7-8,13-16H2,(H,25,29)(H,27,28)/t22-/m0/s1. The second-order valence-corrected chi connectivity index (χ2v) is 7.25. The smallest absolute Gasteiger partial charge is 0.408 e. The maximum Gasteiger partial charge on any atom is 0.408 e. The lowest BCUT2D eigenvalue weighted by molar-refractivity contribution is -0.144. The third kappa shape index (κ3) is 5.85. The number of unbranched alkanes of at least 4 members (excludes halogenated alkanes) is 1. The van der Waals surface area contributed by atoms with Gasteiger partial charge in [0.1, 0.15) is 6.04 Å². The van der Waals surface area contributed by atoms with Gasteiger partial charge < -0.3 is 15.2 Å². The molecule has 0 aromatic heterocycles. The number of amides is 1. The van der Waals surface area contributed by atoms with E-state index >= 15 is 0 Å². The van der Waals surface area contributed by atoms with E-state index in [1.807, 2.05) is 24.3 Å². The number of terminal acetylenes is 1. The summed E-state index contributed by atoms with van der Waals surface area (Å²) in [4.78, 5) is 28.5. The first-order chi connectivity index (χ1) is 15.1. The van der Waals surface area contributed by atoms with E-state index in [1.54, 1.807) is 0 Å². The van der Waals surface area contributed by atoms with Gasteiger partial charge in [-0.15, -0.1) is 6.42 Å². The first-order valence-corrected chi connectivity index (χ1v) is 10.2. The number of fused-ring (bicyclic) bond motifs is 3. The monoisotopic (exact) mass is 422 g/mol. The molecule has 0 aliphatic heterocycles. The normalized spacial score (nSPS) is 13.0. The van der Waals surface area contributed by atoms with E-state index in [0.717, 1.165) is 0 Å². The molecule has 0 fully saturated rings. The van der Waals surface area contributed by atoms with Gasteiger partial charge in [-0.1, -0.05) is 54.5 Å². The Morgan fingerprint density at radius 2 is 1.71 bits per heavy atom. The Balaban J connectivity index is 1.46. The second-order valence-electron chi connectivity index (χ2n) is 7.25. The third-order valence-electron chi connectivity index (χ3n) is 5.21. The zero-order chi connectivity index (χ0) is 22.1. The van der Waals surface area contributed by atoms with Gasteiger partial charge in [-0.3, -0.25) is 9.63 Å². The summed E-state index contributed by atoms with van der Waals surface area (Å²) in [7, 11) is 0. The first-order valence-electron chi connectivity index (χ1n) is 10.2. The number of benzene rings is 2. The van der Waals surface area contributed by atoms with Gasteiger partial charge in [-0.25, -0.2) is 4.79 Å². The highest BCUT2D eigenvalue weighted by atomic mass is 16.6. The number of carbonyl (C=O) groups is 2. The number of rotatable bonds is 11. The molecule has 0 spiro atoms. The molecule has 1 amide bonds. The summed E-state index contributed by atoms with van der Waals surface area (Å²) in [5.74, 6) is 1.28. The molecule has 3 N–H and O–H groups in total. The van der Waals surface area contributed by atoms with Gasteiger partial charge >= 0.3 is 12.1 Å². The minimum Gasteiger partial charge on any atom is -0.480 e. The Morgan fingerprint density at radius 3 is 2.32 bits per heavy atom. The van der Waals surface area contributed by atoms with Crippen molar-refractivity contribution in [2.45, 2.75) is 31.2 Å². The van der Waals surface area contributed by atoms with E-state index in [0.29, 0.717) is 32.4 Å². The number of carboxylic acids is 1. The zero-order valence-corrected chi connectivity index (χ0v) is 17.2. The fourth-order valence-electron chi connectivity index (χ4n) is 3.73. The lowest BCUT2D eigenvalue weighted by Gasteiger charge is -2.18. The quantitative estimate of drug-likeness (QED) is 0.292. The zero-order valence-electron chi connectivity index (χ0n) is 17.2. The number of carbonyl (C=O) groups excluding carboxylic acids is 1. The van der Waals surface area contributed by atoms with E-state index in [2.05, 4.69) is 41.0 Å². The summed E-state index contributed by atoms with van der Waals surface area (Å²) in [6.07, 6.45) is 6.01. The summed E-state index contributed by atoms with van der Waals surface area (Å²) in [5.41, 5.74) is 7.44. The molecule has 162 valence electrons. The van der Waals surface area contributed by atoms with Gasteiger partial charge in [0.2, 0.25) is 0 Å². The number of hydroxylamine groups is 1. The van der Waals surface area contributed by atoms with Gasteiger partial charge in [0, 0.05) is 12.5 Å². The molecular weight excluding hydrogens is 396 g/mol. The second kappa shape index (κ2) is 11.2. The van der Waals surface area contributed by atoms with Crippen molar-refractivity contribution in [1.29, 1.82) is 0 Å². The lowest BCUT2D eigenvalue weighted by Crippen LogP contribution is -2.37. The van der Waals surface area contributed by atoms with Crippen molar-refractivity contribution in [1.82, 2.24) is 10.8 Å². The van der Waals surface area contributed by atoms with Gasteiger partial charge in [0.05, 0.1) is 6.61 Å². The number of nitrogens with one attached hydrogen (secondary N) is 2. The number of aliphatic carboxylic acids is 1. The average Bonchev–Trinajstić information content (AvgIpc) is 3.10. The third-order valence-corrected chi connectivity index (χ3v) is 5.21. The van der Waals surface area contributed by atoms with Crippen LogP contribution in [-0.2, 0) is 14.4 Å². The molecule has 1 aliphatic carbocycles. The van der Waals surface area contributed by atoms with Crippen molar-refractivity contribution in [2.24, 2.45) is 0 Å². The Kier molecular flexibility index (Phi) is 8.05. The van der Waals surface area contributed by atoms with Crippen molar-refractivity contribution in [2.75, 3.05) is 19.8 Å². The van der Waals surface area contributed by atoms with Gasteiger partial charge in [-0.2, -0.15) is 5.48 Å². The summed E-state index contributed by atoms with van der Waals surface area (Å²) in [6, 6.07) is 15.6. The highest BCUT2D eigenvalue weighted by Crippen LogP contribution is 2.44. The van der Waals surface area contributed by atoms with E-state index < -0.39 is 18.1 Å².